The molecule has 6 nitrogen and oxygen atoms in total. The first-order chi connectivity index (χ1) is 9.17. The molecule has 1 saturated heterocycles. The smallest absolute Gasteiger partial charge is 0.221 e. The highest BCUT2D eigenvalue weighted by Gasteiger charge is 2.22. The lowest BCUT2D eigenvalue weighted by molar-refractivity contribution is -0.120. The van der Waals surface area contributed by atoms with Crippen molar-refractivity contribution in [3.63, 3.8) is 0 Å². The molecule has 1 atom stereocenters. The zero-order valence-corrected chi connectivity index (χ0v) is 12.0. The molecular formula is C13H26N4O2. The van der Waals surface area contributed by atoms with Crippen LogP contribution in [0.2, 0.25) is 0 Å². The molecule has 1 rings (SSSR count). The van der Waals surface area contributed by atoms with E-state index in [0.29, 0.717) is 19.5 Å². The minimum absolute atomic E-state index is 0.0444. The van der Waals surface area contributed by atoms with Crippen molar-refractivity contribution >= 4 is 11.9 Å². The van der Waals surface area contributed by atoms with Crippen molar-refractivity contribution in [1.82, 2.24) is 15.5 Å². The number of carbonyl (C=O) groups is 1. The van der Waals surface area contributed by atoms with Gasteiger partial charge in [-0.1, -0.05) is 6.92 Å². The second kappa shape index (κ2) is 8.74. The molecule has 0 aromatic heterocycles. The van der Waals surface area contributed by atoms with Crippen LogP contribution in [0.4, 0.5) is 0 Å². The Morgan fingerprint density at radius 3 is 2.79 bits per heavy atom. The predicted octanol–water partition coefficient (Wildman–Crippen LogP) is -0.0652. The number of aliphatic imine (C=N–C) groups is 1. The Labute approximate surface area is 115 Å². The number of nitrogens with zero attached hydrogens (tertiary/aromatic N) is 2. The lowest BCUT2D eigenvalue weighted by Crippen LogP contribution is -2.40. The van der Waals surface area contributed by atoms with Crippen LogP contribution >= 0.6 is 0 Å². The quantitative estimate of drug-likeness (QED) is 0.466. The Balaban J connectivity index is 2.38. The number of β-amino-alcohol motifs (C(OH)–C–C–N with tert-alkyl or cyclic N) is 1. The fourth-order valence-corrected chi connectivity index (χ4v) is 1.98. The van der Waals surface area contributed by atoms with Gasteiger partial charge in [0.05, 0.1) is 12.6 Å². The number of likely N-dealkylation sites (tertiary alicyclic amines) is 1. The maximum Gasteiger partial charge on any atom is 0.221 e. The molecule has 0 unspecified atom stereocenters. The summed E-state index contributed by atoms with van der Waals surface area (Å²) in [5.74, 6) is 0.838. The lowest BCUT2D eigenvalue weighted by atomic mass is 10.3. The van der Waals surface area contributed by atoms with Gasteiger partial charge in [0.2, 0.25) is 5.91 Å². The van der Waals surface area contributed by atoms with E-state index in [4.69, 9.17) is 0 Å². The van der Waals surface area contributed by atoms with Gasteiger partial charge in [-0.05, 0) is 19.8 Å². The van der Waals surface area contributed by atoms with Crippen LogP contribution < -0.4 is 10.6 Å². The Hall–Kier alpha value is -1.30. The highest BCUT2D eigenvalue weighted by Crippen LogP contribution is 2.08. The molecule has 1 fully saturated rings. The largest absolute Gasteiger partial charge is 0.391 e. The molecule has 3 N–H and O–H groups in total. The minimum Gasteiger partial charge on any atom is -0.391 e. The summed E-state index contributed by atoms with van der Waals surface area (Å²) in [5, 5.41) is 15.6. The molecule has 6 heteroatoms. The molecule has 0 aromatic rings. The van der Waals surface area contributed by atoms with Crippen LogP contribution in [0.1, 0.15) is 33.1 Å². The fraction of sp³-hybridized carbons (Fsp3) is 0.846. The first-order valence-electron chi connectivity index (χ1n) is 7.15. The summed E-state index contributed by atoms with van der Waals surface area (Å²) in [4.78, 5) is 17.9. The SMILES string of the molecule is CCCNC(=O)CCN=C(NCC)N1CC[C@@H](O)C1. The lowest BCUT2D eigenvalue weighted by Gasteiger charge is -2.20. The number of hydrogen-bond donors (Lipinski definition) is 3. The van der Waals surface area contributed by atoms with Crippen molar-refractivity contribution < 1.29 is 9.90 Å². The van der Waals surface area contributed by atoms with E-state index >= 15 is 0 Å². The number of nitrogens with one attached hydrogen (secondary N) is 2. The third-order valence-electron chi connectivity index (χ3n) is 2.97. The van der Waals surface area contributed by atoms with Crippen LogP contribution in [0, 0.1) is 0 Å². The molecule has 110 valence electrons. The number of aliphatic hydroxyl groups is 1. The standard InChI is InChI=1S/C13H26N4O2/c1-3-7-15-12(19)5-8-16-13(14-4-2)17-9-6-11(18)10-17/h11,18H,3-10H2,1-2H3,(H,14,16)(H,15,19)/t11-/m1/s1. The summed E-state index contributed by atoms with van der Waals surface area (Å²) in [6.07, 6.45) is 1.87. The number of guanidine groups is 1. The molecule has 0 bridgehead atoms. The van der Waals surface area contributed by atoms with Crippen LogP contribution in [0.25, 0.3) is 0 Å². The Morgan fingerprint density at radius 2 is 2.21 bits per heavy atom. The summed E-state index contributed by atoms with van der Waals surface area (Å²) >= 11 is 0. The normalized spacial score (nSPS) is 19.6. The third-order valence-corrected chi connectivity index (χ3v) is 2.97. The number of hydrogen-bond acceptors (Lipinski definition) is 3. The second-order valence-electron chi connectivity index (χ2n) is 4.72. The zero-order valence-electron chi connectivity index (χ0n) is 12.0. The van der Waals surface area contributed by atoms with Gasteiger partial charge in [-0.15, -0.1) is 0 Å². The molecule has 0 radical (unpaired) electrons. The summed E-state index contributed by atoms with van der Waals surface area (Å²) in [6, 6.07) is 0. The predicted molar refractivity (Wildman–Crippen MR) is 76.1 cm³/mol. The van der Waals surface area contributed by atoms with Crippen LogP contribution in [0.15, 0.2) is 4.99 Å². The van der Waals surface area contributed by atoms with Crippen molar-refractivity contribution in [2.24, 2.45) is 4.99 Å². The van der Waals surface area contributed by atoms with E-state index in [1.54, 1.807) is 0 Å². The fourth-order valence-electron chi connectivity index (χ4n) is 1.98. The maximum atomic E-state index is 11.5. The van der Waals surface area contributed by atoms with Gasteiger partial charge < -0.3 is 20.6 Å². The van der Waals surface area contributed by atoms with Gasteiger partial charge in [-0.3, -0.25) is 9.79 Å². The Kier molecular flexibility index (Phi) is 7.25. The van der Waals surface area contributed by atoms with E-state index in [0.717, 1.165) is 38.4 Å². The molecule has 0 spiro atoms. The van der Waals surface area contributed by atoms with Crippen molar-refractivity contribution in [2.75, 3.05) is 32.7 Å². The first-order valence-corrected chi connectivity index (χ1v) is 7.15. The summed E-state index contributed by atoms with van der Waals surface area (Å²) in [7, 11) is 0. The summed E-state index contributed by atoms with van der Waals surface area (Å²) < 4.78 is 0. The van der Waals surface area contributed by atoms with E-state index in [2.05, 4.69) is 15.6 Å². The molecule has 19 heavy (non-hydrogen) atoms. The minimum atomic E-state index is -0.267. The topological polar surface area (TPSA) is 77.0 Å². The number of aliphatic hydroxyl groups excluding tert-OH is 1. The van der Waals surface area contributed by atoms with E-state index in [1.807, 2.05) is 18.7 Å². The average molecular weight is 270 g/mol. The highest BCUT2D eigenvalue weighted by atomic mass is 16.3. The average Bonchev–Trinajstić information content (AvgIpc) is 2.82. The Bertz CT molecular complexity index is 307. The first kappa shape index (κ1) is 15.8. The van der Waals surface area contributed by atoms with Crippen LogP contribution in [0.3, 0.4) is 0 Å². The van der Waals surface area contributed by atoms with Crippen molar-refractivity contribution in [1.29, 1.82) is 0 Å². The summed E-state index contributed by atoms with van der Waals surface area (Å²) in [6.45, 7) is 7.46. The van der Waals surface area contributed by atoms with Crippen molar-refractivity contribution in [3.8, 4) is 0 Å². The monoisotopic (exact) mass is 270 g/mol. The van der Waals surface area contributed by atoms with Gasteiger partial charge >= 0.3 is 0 Å². The van der Waals surface area contributed by atoms with E-state index in [1.165, 1.54) is 0 Å². The van der Waals surface area contributed by atoms with Gasteiger partial charge in [0.1, 0.15) is 0 Å². The Morgan fingerprint density at radius 1 is 1.42 bits per heavy atom. The van der Waals surface area contributed by atoms with Gasteiger partial charge in [0.15, 0.2) is 5.96 Å². The maximum absolute atomic E-state index is 11.5. The van der Waals surface area contributed by atoms with Gasteiger partial charge in [0.25, 0.3) is 0 Å². The van der Waals surface area contributed by atoms with Crippen molar-refractivity contribution in [3.05, 3.63) is 0 Å². The molecule has 1 aliphatic heterocycles. The molecule has 0 aliphatic carbocycles. The molecular weight excluding hydrogens is 244 g/mol. The van der Waals surface area contributed by atoms with E-state index in [9.17, 15) is 9.90 Å². The van der Waals surface area contributed by atoms with Crippen molar-refractivity contribution in [2.45, 2.75) is 39.2 Å². The molecule has 1 aliphatic rings. The van der Waals surface area contributed by atoms with Crippen LogP contribution in [0.5, 0.6) is 0 Å². The zero-order chi connectivity index (χ0) is 14.1. The van der Waals surface area contributed by atoms with Crippen LogP contribution in [-0.4, -0.2) is 60.7 Å². The molecule has 1 heterocycles. The number of carbonyl (C=O) groups excluding carboxylic acids is 1. The number of amides is 1. The second-order valence-corrected chi connectivity index (χ2v) is 4.72. The molecule has 1 amide bonds. The highest BCUT2D eigenvalue weighted by molar-refractivity contribution is 5.81. The molecule has 0 aromatic carbocycles. The van der Waals surface area contributed by atoms with E-state index in [-0.39, 0.29) is 12.0 Å². The van der Waals surface area contributed by atoms with Gasteiger partial charge in [-0.25, -0.2) is 0 Å². The van der Waals surface area contributed by atoms with Gasteiger partial charge in [-0.2, -0.15) is 0 Å². The molecule has 0 saturated carbocycles. The number of rotatable bonds is 6. The van der Waals surface area contributed by atoms with Gasteiger partial charge in [0, 0.05) is 32.6 Å². The third kappa shape index (κ3) is 5.92. The van der Waals surface area contributed by atoms with Crippen LogP contribution in [-0.2, 0) is 4.79 Å². The summed E-state index contributed by atoms with van der Waals surface area (Å²) in [5.41, 5.74) is 0. The van der Waals surface area contributed by atoms with E-state index < -0.39 is 0 Å².